The van der Waals surface area contributed by atoms with Gasteiger partial charge in [0.25, 0.3) is 0 Å². The molecule has 114 valence electrons. The number of piperazine rings is 1. The molecule has 4 nitrogen and oxygen atoms in total. The Morgan fingerprint density at radius 3 is 2.57 bits per heavy atom. The highest BCUT2D eigenvalue weighted by Gasteiger charge is 2.41. The Morgan fingerprint density at radius 2 is 2.00 bits per heavy atom. The van der Waals surface area contributed by atoms with Crippen molar-refractivity contribution in [3.63, 3.8) is 0 Å². The van der Waals surface area contributed by atoms with Gasteiger partial charge in [0.1, 0.15) is 12.1 Å². The van der Waals surface area contributed by atoms with E-state index in [4.69, 9.17) is 0 Å². The summed E-state index contributed by atoms with van der Waals surface area (Å²) >= 11 is 3.46. The molecule has 2 rings (SSSR count). The third-order valence-corrected chi connectivity index (χ3v) is 4.54. The zero-order chi connectivity index (χ0) is 15.6. The van der Waals surface area contributed by atoms with Crippen LogP contribution in [0.3, 0.4) is 0 Å². The molecule has 21 heavy (non-hydrogen) atoms. The number of amides is 2. The van der Waals surface area contributed by atoms with Gasteiger partial charge in [-0.15, -0.1) is 0 Å². The van der Waals surface area contributed by atoms with Crippen LogP contribution in [-0.2, 0) is 9.59 Å². The monoisotopic (exact) mass is 352 g/mol. The third kappa shape index (κ3) is 3.12. The van der Waals surface area contributed by atoms with Crippen molar-refractivity contribution in [3.8, 4) is 0 Å². The smallest absolute Gasteiger partial charge is 0.246 e. The lowest BCUT2D eigenvalue weighted by Crippen LogP contribution is -2.63. The number of halogens is 1. The Kier molecular flexibility index (Phi) is 5.04. The molecule has 1 heterocycles. The van der Waals surface area contributed by atoms with Crippen LogP contribution >= 0.6 is 15.9 Å². The number of hydrogen-bond acceptors (Lipinski definition) is 2. The minimum Gasteiger partial charge on any atom is -0.343 e. The zero-order valence-electron chi connectivity index (χ0n) is 12.6. The lowest BCUT2D eigenvalue weighted by atomic mass is 9.98. The normalized spacial score (nSPS) is 23.9. The summed E-state index contributed by atoms with van der Waals surface area (Å²) < 4.78 is 0.973. The van der Waals surface area contributed by atoms with Crippen LogP contribution in [0.5, 0.6) is 0 Å². The molecule has 0 aromatic heterocycles. The van der Waals surface area contributed by atoms with Crippen molar-refractivity contribution >= 4 is 27.7 Å². The second-order valence-corrected chi connectivity index (χ2v) is 6.29. The first kappa shape index (κ1) is 16.0. The van der Waals surface area contributed by atoms with Crippen LogP contribution in [0.1, 0.15) is 45.2 Å². The van der Waals surface area contributed by atoms with Crippen LogP contribution in [0.15, 0.2) is 28.7 Å². The van der Waals surface area contributed by atoms with E-state index in [9.17, 15) is 9.59 Å². The third-order valence-electron chi connectivity index (χ3n) is 4.05. The van der Waals surface area contributed by atoms with Gasteiger partial charge in [0.2, 0.25) is 11.8 Å². The summed E-state index contributed by atoms with van der Waals surface area (Å²) in [5.41, 5.74) is 1.03. The van der Waals surface area contributed by atoms with E-state index in [0.29, 0.717) is 12.8 Å². The molecule has 0 aliphatic carbocycles. The molecule has 0 radical (unpaired) electrons. The van der Waals surface area contributed by atoms with E-state index in [-0.39, 0.29) is 17.9 Å². The number of rotatable bonds is 4. The molecule has 0 bridgehead atoms. The van der Waals surface area contributed by atoms with E-state index in [1.807, 2.05) is 45.0 Å². The SMILES string of the molecule is CCC1NC(=O)C(CC)N(C(C)c2cccc(Br)c2)C1=O. The van der Waals surface area contributed by atoms with E-state index < -0.39 is 12.1 Å². The highest BCUT2D eigenvalue weighted by atomic mass is 79.9. The number of nitrogens with one attached hydrogen (secondary N) is 1. The van der Waals surface area contributed by atoms with Crippen molar-refractivity contribution in [2.45, 2.75) is 51.7 Å². The lowest BCUT2D eigenvalue weighted by molar-refractivity contribution is -0.152. The highest BCUT2D eigenvalue weighted by Crippen LogP contribution is 2.29. The van der Waals surface area contributed by atoms with Crippen LogP contribution in [0.2, 0.25) is 0 Å². The second kappa shape index (κ2) is 6.60. The molecular weight excluding hydrogens is 332 g/mol. The molecule has 1 aliphatic rings. The Hall–Kier alpha value is -1.36. The number of benzene rings is 1. The molecule has 3 unspecified atom stereocenters. The zero-order valence-corrected chi connectivity index (χ0v) is 14.2. The molecule has 1 aromatic carbocycles. The molecule has 1 aliphatic heterocycles. The van der Waals surface area contributed by atoms with Gasteiger partial charge in [0.15, 0.2) is 0 Å². The first-order valence-electron chi connectivity index (χ1n) is 7.37. The average Bonchev–Trinajstić information content (AvgIpc) is 2.48. The summed E-state index contributed by atoms with van der Waals surface area (Å²) in [6.45, 7) is 5.83. The summed E-state index contributed by atoms with van der Waals surface area (Å²) in [4.78, 5) is 26.7. The first-order chi connectivity index (χ1) is 9.99. The maximum atomic E-state index is 12.7. The summed E-state index contributed by atoms with van der Waals surface area (Å²) in [6, 6.07) is 6.96. The van der Waals surface area contributed by atoms with Gasteiger partial charge in [-0.2, -0.15) is 0 Å². The summed E-state index contributed by atoms with van der Waals surface area (Å²) in [5, 5.41) is 2.83. The quantitative estimate of drug-likeness (QED) is 0.905. The Morgan fingerprint density at radius 1 is 1.29 bits per heavy atom. The second-order valence-electron chi connectivity index (χ2n) is 5.37. The summed E-state index contributed by atoms with van der Waals surface area (Å²) in [7, 11) is 0. The van der Waals surface area contributed by atoms with Crippen LogP contribution in [-0.4, -0.2) is 28.8 Å². The van der Waals surface area contributed by atoms with Crippen molar-refractivity contribution in [2.75, 3.05) is 0 Å². The van der Waals surface area contributed by atoms with Gasteiger partial charge < -0.3 is 10.2 Å². The van der Waals surface area contributed by atoms with Crippen molar-refractivity contribution in [1.29, 1.82) is 0 Å². The molecule has 5 heteroatoms. The molecule has 3 atom stereocenters. The van der Waals surface area contributed by atoms with Crippen LogP contribution in [0, 0.1) is 0 Å². The van der Waals surface area contributed by atoms with Gasteiger partial charge in [-0.1, -0.05) is 41.9 Å². The molecule has 0 spiro atoms. The van der Waals surface area contributed by atoms with E-state index in [0.717, 1.165) is 10.0 Å². The van der Waals surface area contributed by atoms with Crippen LogP contribution in [0.4, 0.5) is 0 Å². The van der Waals surface area contributed by atoms with E-state index >= 15 is 0 Å². The van der Waals surface area contributed by atoms with Gasteiger partial charge in [-0.3, -0.25) is 9.59 Å². The van der Waals surface area contributed by atoms with Crippen molar-refractivity contribution in [2.24, 2.45) is 0 Å². The van der Waals surface area contributed by atoms with Crippen LogP contribution < -0.4 is 5.32 Å². The minimum absolute atomic E-state index is 0.0106. The van der Waals surface area contributed by atoms with Gasteiger partial charge >= 0.3 is 0 Å². The van der Waals surface area contributed by atoms with Gasteiger partial charge in [0.05, 0.1) is 6.04 Å². The first-order valence-corrected chi connectivity index (χ1v) is 8.16. The molecule has 2 amide bonds. The van der Waals surface area contributed by atoms with E-state index in [1.54, 1.807) is 4.90 Å². The molecular formula is C16H21BrN2O2. The fourth-order valence-electron chi connectivity index (χ4n) is 2.84. The van der Waals surface area contributed by atoms with E-state index in [1.165, 1.54) is 0 Å². The summed E-state index contributed by atoms with van der Waals surface area (Å²) in [5.74, 6) is -0.0396. The van der Waals surface area contributed by atoms with Gasteiger partial charge in [-0.05, 0) is 37.5 Å². The average molecular weight is 353 g/mol. The fourth-order valence-corrected chi connectivity index (χ4v) is 3.25. The number of nitrogens with zero attached hydrogens (tertiary/aromatic N) is 1. The maximum Gasteiger partial charge on any atom is 0.246 e. The summed E-state index contributed by atoms with van der Waals surface area (Å²) in [6.07, 6.45) is 1.23. The standard InChI is InChI=1S/C16H21BrN2O2/c1-4-13-16(21)19(14(5-2)15(20)18-13)10(3)11-7-6-8-12(17)9-11/h6-10,13-14H,4-5H2,1-3H3,(H,18,20). The van der Waals surface area contributed by atoms with Crippen molar-refractivity contribution in [1.82, 2.24) is 10.2 Å². The molecule has 0 saturated carbocycles. The van der Waals surface area contributed by atoms with Gasteiger partial charge in [-0.25, -0.2) is 0 Å². The molecule has 1 fully saturated rings. The lowest BCUT2D eigenvalue weighted by Gasteiger charge is -2.42. The molecule has 1 aromatic rings. The largest absolute Gasteiger partial charge is 0.343 e. The predicted molar refractivity (Wildman–Crippen MR) is 85.7 cm³/mol. The molecule has 1 N–H and O–H groups in total. The topological polar surface area (TPSA) is 49.4 Å². The Bertz CT molecular complexity index is 547. The Balaban J connectivity index is 2.36. The Labute approximate surface area is 134 Å². The van der Waals surface area contributed by atoms with Crippen molar-refractivity contribution in [3.05, 3.63) is 34.3 Å². The number of carbonyl (C=O) groups excluding carboxylic acids is 2. The number of hydrogen-bond donors (Lipinski definition) is 1. The van der Waals surface area contributed by atoms with Gasteiger partial charge in [0, 0.05) is 4.47 Å². The fraction of sp³-hybridized carbons (Fsp3) is 0.500. The van der Waals surface area contributed by atoms with Crippen molar-refractivity contribution < 1.29 is 9.59 Å². The predicted octanol–water partition coefficient (Wildman–Crippen LogP) is 3.03. The maximum absolute atomic E-state index is 12.7. The minimum atomic E-state index is -0.407. The van der Waals surface area contributed by atoms with E-state index in [2.05, 4.69) is 21.2 Å². The van der Waals surface area contributed by atoms with Crippen LogP contribution in [0.25, 0.3) is 0 Å². The molecule has 1 saturated heterocycles. The number of carbonyl (C=O) groups is 2. The highest BCUT2D eigenvalue weighted by molar-refractivity contribution is 9.10.